The molecule has 16 heavy (non-hydrogen) atoms. The lowest BCUT2D eigenvalue weighted by atomic mass is 10.0. The number of hydrogen-bond donors (Lipinski definition) is 1. The predicted octanol–water partition coefficient (Wildman–Crippen LogP) is 2.88. The fourth-order valence-electron chi connectivity index (χ4n) is 2.13. The maximum Gasteiger partial charge on any atom is 0.391 e. The quantitative estimate of drug-likeness (QED) is 0.769. The van der Waals surface area contributed by atoms with Crippen LogP contribution in [0.1, 0.15) is 39.0 Å². The number of hydrogen-bond acceptors (Lipinski definition) is 2. The van der Waals surface area contributed by atoms with Crippen LogP contribution in [-0.2, 0) is 4.74 Å². The van der Waals surface area contributed by atoms with Gasteiger partial charge in [0.15, 0.2) is 0 Å². The largest absolute Gasteiger partial charge is 0.391 e. The SMILES string of the molecule is CCNCC1(OCCC(F)(F)F)CCCC1. The van der Waals surface area contributed by atoms with Gasteiger partial charge in [-0.3, -0.25) is 0 Å². The standard InChI is InChI=1S/C11H20F3NO/c1-2-15-9-10(5-3-4-6-10)16-8-7-11(12,13)14/h15H,2-9H2,1H3. The lowest BCUT2D eigenvalue weighted by Gasteiger charge is -2.30. The van der Waals surface area contributed by atoms with Gasteiger partial charge in [-0.2, -0.15) is 13.2 Å². The van der Waals surface area contributed by atoms with Crippen molar-refractivity contribution in [3.63, 3.8) is 0 Å². The molecule has 1 saturated carbocycles. The van der Waals surface area contributed by atoms with Gasteiger partial charge in [-0.15, -0.1) is 0 Å². The Kier molecular flexibility index (Phi) is 5.05. The van der Waals surface area contributed by atoms with Gasteiger partial charge in [0.2, 0.25) is 0 Å². The Balaban J connectivity index is 2.33. The van der Waals surface area contributed by atoms with Crippen molar-refractivity contribution < 1.29 is 17.9 Å². The normalized spacial score (nSPS) is 20.2. The molecule has 0 aliphatic heterocycles. The third kappa shape index (κ3) is 4.70. The molecular weight excluding hydrogens is 219 g/mol. The maximum atomic E-state index is 12.0. The van der Waals surface area contributed by atoms with E-state index in [0.29, 0.717) is 6.54 Å². The van der Waals surface area contributed by atoms with Gasteiger partial charge in [-0.1, -0.05) is 19.8 Å². The number of halogens is 3. The molecule has 1 aliphatic carbocycles. The molecule has 2 nitrogen and oxygen atoms in total. The average molecular weight is 239 g/mol. The number of alkyl halides is 3. The third-order valence-electron chi connectivity index (χ3n) is 3.01. The van der Waals surface area contributed by atoms with Crippen LogP contribution in [0.4, 0.5) is 13.2 Å². The minimum Gasteiger partial charge on any atom is -0.373 e. The molecule has 0 aromatic carbocycles. The summed E-state index contributed by atoms with van der Waals surface area (Å²) in [6.45, 7) is 3.26. The Labute approximate surface area is 94.5 Å². The molecule has 0 atom stereocenters. The Morgan fingerprint density at radius 3 is 2.38 bits per heavy atom. The summed E-state index contributed by atoms with van der Waals surface area (Å²) in [5, 5.41) is 3.17. The van der Waals surface area contributed by atoms with Crippen LogP contribution in [0, 0.1) is 0 Å². The van der Waals surface area contributed by atoms with Crippen LogP contribution in [-0.4, -0.2) is 31.5 Å². The summed E-state index contributed by atoms with van der Waals surface area (Å²) in [7, 11) is 0. The van der Waals surface area contributed by atoms with E-state index in [1.165, 1.54) is 0 Å². The predicted molar refractivity (Wildman–Crippen MR) is 56.4 cm³/mol. The Hall–Kier alpha value is -0.290. The van der Waals surface area contributed by atoms with Gasteiger partial charge in [0, 0.05) is 6.54 Å². The second kappa shape index (κ2) is 5.87. The molecule has 0 saturated heterocycles. The Morgan fingerprint density at radius 2 is 1.88 bits per heavy atom. The van der Waals surface area contributed by atoms with Crippen molar-refractivity contribution in [3.8, 4) is 0 Å². The second-order valence-electron chi connectivity index (χ2n) is 4.38. The molecular formula is C11H20F3NO. The van der Waals surface area contributed by atoms with E-state index in [-0.39, 0.29) is 12.2 Å². The molecule has 1 rings (SSSR count). The summed E-state index contributed by atoms with van der Waals surface area (Å²) < 4.78 is 41.5. The zero-order chi connectivity index (χ0) is 12.1. The summed E-state index contributed by atoms with van der Waals surface area (Å²) >= 11 is 0. The van der Waals surface area contributed by atoms with Crippen molar-refractivity contribution >= 4 is 0 Å². The summed E-state index contributed by atoms with van der Waals surface area (Å²) in [5.74, 6) is 0. The van der Waals surface area contributed by atoms with Gasteiger partial charge in [-0.25, -0.2) is 0 Å². The van der Waals surface area contributed by atoms with Crippen LogP contribution in [0.15, 0.2) is 0 Å². The van der Waals surface area contributed by atoms with Gasteiger partial charge < -0.3 is 10.1 Å². The zero-order valence-electron chi connectivity index (χ0n) is 9.70. The summed E-state index contributed by atoms with van der Waals surface area (Å²) in [6.07, 6.45) is -1.11. The van der Waals surface area contributed by atoms with Crippen molar-refractivity contribution in [1.29, 1.82) is 0 Å². The van der Waals surface area contributed by atoms with E-state index in [0.717, 1.165) is 32.2 Å². The summed E-state index contributed by atoms with van der Waals surface area (Å²) in [4.78, 5) is 0. The van der Waals surface area contributed by atoms with Gasteiger partial charge in [0.1, 0.15) is 0 Å². The molecule has 0 bridgehead atoms. The average Bonchev–Trinajstić information content (AvgIpc) is 2.62. The molecule has 0 amide bonds. The highest BCUT2D eigenvalue weighted by Gasteiger charge is 2.36. The van der Waals surface area contributed by atoms with Crippen molar-refractivity contribution in [1.82, 2.24) is 5.32 Å². The monoisotopic (exact) mass is 239 g/mol. The van der Waals surface area contributed by atoms with Crippen LogP contribution in [0.2, 0.25) is 0 Å². The van der Waals surface area contributed by atoms with E-state index in [2.05, 4.69) is 5.32 Å². The van der Waals surface area contributed by atoms with E-state index in [4.69, 9.17) is 4.74 Å². The number of rotatable bonds is 6. The van der Waals surface area contributed by atoms with Crippen LogP contribution < -0.4 is 5.32 Å². The van der Waals surface area contributed by atoms with E-state index >= 15 is 0 Å². The minimum atomic E-state index is -4.11. The molecule has 0 heterocycles. The highest BCUT2D eigenvalue weighted by Crippen LogP contribution is 2.33. The van der Waals surface area contributed by atoms with Gasteiger partial charge in [0.25, 0.3) is 0 Å². The van der Waals surface area contributed by atoms with Gasteiger partial charge >= 0.3 is 6.18 Å². The first kappa shape index (κ1) is 13.8. The topological polar surface area (TPSA) is 21.3 Å². The molecule has 5 heteroatoms. The smallest absolute Gasteiger partial charge is 0.373 e. The molecule has 1 fully saturated rings. The summed E-state index contributed by atoms with van der Waals surface area (Å²) in [5.41, 5.74) is -0.346. The van der Waals surface area contributed by atoms with Crippen LogP contribution in [0.25, 0.3) is 0 Å². The highest BCUT2D eigenvalue weighted by atomic mass is 19.4. The molecule has 0 radical (unpaired) electrons. The van der Waals surface area contributed by atoms with E-state index in [1.54, 1.807) is 0 Å². The van der Waals surface area contributed by atoms with Crippen molar-refractivity contribution in [2.75, 3.05) is 19.7 Å². The second-order valence-corrected chi connectivity index (χ2v) is 4.38. The number of ether oxygens (including phenoxy) is 1. The fraction of sp³-hybridized carbons (Fsp3) is 1.00. The first-order chi connectivity index (χ1) is 7.47. The molecule has 1 N–H and O–H groups in total. The van der Waals surface area contributed by atoms with Crippen LogP contribution >= 0.6 is 0 Å². The molecule has 0 aromatic heterocycles. The lowest BCUT2D eigenvalue weighted by molar-refractivity contribution is -0.157. The molecule has 1 aliphatic rings. The third-order valence-corrected chi connectivity index (χ3v) is 3.01. The number of likely N-dealkylation sites (N-methyl/N-ethyl adjacent to an activating group) is 1. The highest BCUT2D eigenvalue weighted by molar-refractivity contribution is 4.88. The Morgan fingerprint density at radius 1 is 1.25 bits per heavy atom. The van der Waals surface area contributed by atoms with Crippen LogP contribution in [0.5, 0.6) is 0 Å². The molecule has 0 spiro atoms. The van der Waals surface area contributed by atoms with E-state index in [9.17, 15) is 13.2 Å². The maximum absolute atomic E-state index is 12.0. The Bertz CT molecular complexity index is 200. The van der Waals surface area contributed by atoms with Crippen molar-refractivity contribution in [3.05, 3.63) is 0 Å². The summed E-state index contributed by atoms with van der Waals surface area (Å²) in [6, 6.07) is 0. The lowest BCUT2D eigenvalue weighted by Crippen LogP contribution is -2.41. The van der Waals surface area contributed by atoms with Gasteiger partial charge in [-0.05, 0) is 19.4 Å². The van der Waals surface area contributed by atoms with Gasteiger partial charge in [0.05, 0.1) is 18.6 Å². The fourth-order valence-corrected chi connectivity index (χ4v) is 2.13. The molecule has 96 valence electrons. The van der Waals surface area contributed by atoms with Crippen molar-refractivity contribution in [2.45, 2.75) is 50.8 Å². The van der Waals surface area contributed by atoms with Crippen molar-refractivity contribution in [2.24, 2.45) is 0 Å². The van der Waals surface area contributed by atoms with E-state index < -0.39 is 12.6 Å². The van der Waals surface area contributed by atoms with E-state index in [1.807, 2.05) is 6.92 Å². The molecule has 0 unspecified atom stereocenters. The first-order valence-electron chi connectivity index (χ1n) is 5.89. The minimum absolute atomic E-state index is 0.213. The number of nitrogens with one attached hydrogen (secondary N) is 1. The molecule has 0 aromatic rings. The van der Waals surface area contributed by atoms with Crippen LogP contribution in [0.3, 0.4) is 0 Å². The zero-order valence-corrected chi connectivity index (χ0v) is 9.70. The first-order valence-corrected chi connectivity index (χ1v) is 5.89.